The van der Waals surface area contributed by atoms with E-state index in [0.29, 0.717) is 0 Å². The van der Waals surface area contributed by atoms with E-state index in [1.54, 1.807) is 0 Å². The molecule has 0 spiro atoms. The van der Waals surface area contributed by atoms with Crippen molar-refractivity contribution >= 4 is 0 Å². The normalized spacial score (nSPS) is 9.50. The van der Waals surface area contributed by atoms with Crippen LogP contribution in [0.25, 0.3) is 0 Å². The number of hydrogen-bond donors (Lipinski definition) is 3. The smallest absolute Gasteiger partial charge is 0.0784 e. The van der Waals surface area contributed by atoms with E-state index in [0.717, 1.165) is 18.7 Å². The van der Waals surface area contributed by atoms with Crippen LogP contribution in [0.3, 0.4) is 0 Å². The maximum atomic E-state index is 5.39. The van der Waals surface area contributed by atoms with Crippen molar-refractivity contribution in [3.63, 3.8) is 0 Å². The fourth-order valence-electron chi connectivity index (χ4n) is 0.925. The Morgan fingerprint density at radius 2 is 1.57 bits per heavy atom. The van der Waals surface area contributed by atoms with Gasteiger partial charge >= 0.3 is 0 Å². The Bertz CT molecular complexity index is 207. The van der Waals surface area contributed by atoms with E-state index in [4.69, 9.17) is 11.5 Å². The number of benzene rings is 1. The summed E-state index contributed by atoms with van der Waals surface area (Å²) >= 11 is 0. The summed E-state index contributed by atoms with van der Waals surface area (Å²) in [5.41, 5.74) is 11.8. The zero-order valence-electron chi connectivity index (χ0n) is 9.03. The summed E-state index contributed by atoms with van der Waals surface area (Å²) in [5.74, 6) is 0. The first-order chi connectivity index (χ1) is 6.72. The summed E-state index contributed by atoms with van der Waals surface area (Å²) < 4.78 is 0. The zero-order valence-corrected chi connectivity index (χ0v) is 9.03. The van der Waals surface area contributed by atoms with Crippen LogP contribution >= 0.6 is 0 Å². The van der Waals surface area contributed by atoms with Gasteiger partial charge in [0.2, 0.25) is 0 Å². The molecule has 0 saturated carbocycles. The lowest BCUT2D eigenvalue weighted by atomic mass is 10.2. The third-order valence-corrected chi connectivity index (χ3v) is 1.68. The maximum Gasteiger partial charge on any atom is 0.0784 e. The van der Waals surface area contributed by atoms with Crippen LogP contribution in [0.5, 0.6) is 0 Å². The highest BCUT2D eigenvalue weighted by atomic mass is 14.8. The van der Waals surface area contributed by atoms with Gasteiger partial charge in [0.1, 0.15) is 0 Å². The Morgan fingerprint density at radius 3 is 1.79 bits per heavy atom. The second-order valence-corrected chi connectivity index (χ2v) is 2.89. The minimum Gasteiger partial charge on any atom is -0.317 e. The van der Waals surface area contributed by atoms with E-state index in [9.17, 15) is 0 Å². The molecule has 0 aliphatic rings. The van der Waals surface area contributed by atoms with Gasteiger partial charge in [-0.25, -0.2) is 0 Å². The van der Waals surface area contributed by atoms with Gasteiger partial charge in [-0.1, -0.05) is 44.2 Å². The summed E-state index contributed by atoms with van der Waals surface area (Å²) in [6.07, 6.45) is -0.341. The quantitative estimate of drug-likeness (QED) is 0.635. The summed E-state index contributed by atoms with van der Waals surface area (Å²) in [5, 5.41) is 3.11. The van der Waals surface area contributed by atoms with Crippen LogP contribution in [0.1, 0.15) is 25.6 Å². The summed E-state index contributed by atoms with van der Waals surface area (Å²) in [7, 11) is 0. The van der Waals surface area contributed by atoms with Crippen LogP contribution in [-0.4, -0.2) is 13.1 Å². The predicted molar refractivity (Wildman–Crippen MR) is 61.8 cm³/mol. The van der Waals surface area contributed by atoms with Gasteiger partial charge in [-0.3, -0.25) is 0 Å². The molecular formula is C11H21N3. The second-order valence-electron chi connectivity index (χ2n) is 2.89. The predicted octanol–water partition coefficient (Wildman–Crippen LogP) is 1.22. The van der Waals surface area contributed by atoms with Gasteiger partial charge in [-0.05, 0) is 18.7 Å². The molecule has 0 aliphatic carbocycles. The molecule has 0 saturated heterocycles. The summed E-state index contributed by atoms with van der Waals surface area (Å²) in [4.78, 5) is 0. The molecule has 1 rings (SSSR count). The third-order valence-electron chi connectivity index (χ3n) is 1.68. The number of hydrogen-bond acceptors (Lipinski definition) is 3. The molecule has 0 fully saturated rings. The molecule has 0 amide bonds. The SMILES string of the molecule is CCNCC.NC(N)c1ccccc1. The van der Waals surface area contributed by atoms with Crippen LogP contribution in [0.4, 0.5) is 0 Å². The van der Waals surface area contributed by atoms with Crippen molar-refractivity contribution in [2.75, 3.05) is 13.1 Å². The second kappa shape index (κ2) is 8.69. The molecule has 0 aliphatic heterocycles. The molecule has 1 aromatic carbocycles. The van der Waals surface area contributed by atoms with E-state index in [-0.39, 0.29) is 6.17 Å². The zero-order chi connectivity index (χ0) is 10.8. The van der Waals surface area contributed by atoms with Gasteiger partial charge in [0.15, 0.2) is 0 Å². The van der Waals surface area contributed by atoms with E-state index in [1.165, 1.54) is 0 Å². The Morgan fingerprint density at radius 1 is 1.07 bits per heavy atom. The molecule has 0 unspecified atom stereocenters. The topological polar surface area (TPSA) is 64.1 Å². The molecule has 3 heteroatoms. The molecule has 3 nitrogen and oxygen atoms in total. The lowest BCUT2D eigenvalue weighted by Gasteiger charge is -2.02. The van der Waals surface area contributed by atoms with Crippen molar-refractivity contribution in [3.05, 3.63) is 35.9 Å². The molecule has 0 atom stereocenters. The minimum atomic E-state index is -0.341. The summed E-state index contributed by atoms with van der Waals surface area (Å²) in [6.45, 7) is 6.39. The fourth-order valence-corrected chi connectivity index (χ4v) is 0.925. The highest BCUT2D eigenvalue weighted by Crippen LogP contribution is 2.01. The van der Waals surface area contributed by atoms with Crippen LogP contribution in [0.2, 0.25) is 0 Å². The fraction of sp³-hybridized carbons (Fsp3) is 0.455. The monoisotopic (exact) mass is 195 g/mol. The lowest BCUT2D eigenvalue weighted by molar-refractivity contribution is 0.762. The average Bonchev–Trinajstić information content (AvgIpc) is 2.21. The highest BCUT2D eigenvalue weighted by molar-refractivity contribution is 5.16. The van der Waals surface area contributed by atoms with E-state index < -0.39 is 0 Å². The van der Waals surface area contributed by atoms with Crippen LogP contribution in [0.15, 0.2) is 30.3 Å². The standard InChI is InChI=1S/C7H10N2.C4H11N/c8-7(9)6-4-2-1-3-5-6;1-3-5-4-2/h1-5,7H,8-9H2;5H,3-4H2,1-2H3. The van der Waals surface area contributed by atoms with Crippen LogP contribution in [0, 0.1) is 0 Å². The van der Waals surface area contributed by atoms with Crippen LogP contribution in [-0.2, 0) is 0 Å². The number of nitrogens with two attached hydrogens (primary N) is 2. The molecule has 80 valence electrons. The van der Waals surface area contributed by atoms with Gasteiger partial charge in [-0.15, -0.1) is 0 Å². The van der Waals surface area contributed by atoms with Crippen molar-refractivity contribution in [1.29, 1.82) is 0 Å². The molecular weight excluding hydrogens is 174 g/mol. The van der Waals surface area contributed by atoms with Crippen LogP contribution < -0.4 is 16.8 Å². The average molecular weight is 195 g/mol. The molecule has 0 aromatic heterocycles. The first-order valence-corrected chi connectivity index (χ1v) is 4.99. The van der Waals surface area contributed by atoms with Crippen molar-refractivity contribution in [2.45, 2.75) is 20.0 Å². The Hall–Kier alpha value is -0.900. The van der Waals surface area contributed by atoms with Gasteiger partial charge < -0.3 is 16.8 Å². The highest BCUT2D eigenvalue weighted by Gasteiger charge is 1.93. The molecule has 0 bridgehead atoms. The Labute approximate surface area is 86.5 Å². The van der Waals surface area contributed by atoms with Crippen molar-refractivity contribution in [2.24, 2.45) is 11.5 Å². The van der Waals surface area contributed by atoms with Gasteiger partial charge in [0.25, 0.3) is 0 Å². The van der Waals surface area contributed by atoms with Crippen molar-refractivity contribution in [1.82, 2.24) is 5.32 Å². The Kier molecular flexibility index (Phi) is 8.13. The first kappa shape index (κ1) is 13.1. The molecule has 14 heavy (non-hydrogen) atoms. The van der Waals surface area contributed by atoms with E-state index in [1.807, 2.05) is 30.3 Å². The molecule has 1 aromatic rings. The lowest BCUT2D eigenvalue weighted by Crippen LogP contribution is -2.19. The van der Waals surface area contributed by atoms with Gasteiger partial charge in [0.05, 0.1) is 6.17 Å². The van der Waals surface area contributed by atoms with Crippen molar-refractivity contribution < 1.29 is 0 Å². The number of rotatable bonds is 3. The van der Waals surface area contributed by atoms with E-state index in [2.05, 4.69) is 19.2 Å². The molecule has 0 heterocycles. The van der Waals surface area contributed by atoms with Gasteiger partial charge in [0, 0.05) is 0 Å². The van der Waals surface area contributed by atoms with Crippen molar-refractivity contribution in [3.8, 4) is 0 Å². The first-order valence-electron chi connectivity index (χ1n) is 4.99. The van der Waals surface area contributed by atoms with Gasteiger partial charge in [-0.2, -0.15) is 0 Å². The third kappa shape index (κ3) is 6.60. The molecule has 0 radical (unpaired) electrons. The maximum absolute atomic E-state index is 5.39. The Balaban J connectivity index is 0.000000292. The minimum absolute atomic E-state index is 0.341. The van der Waals surface area contributed by atoms with E-state index >= 15 is 0 Å². The molecule has 5 N–H and O–H groups in total. The number of nitrogens with one attached hydrogen (secondary N) is 1. The summed E-state index contributed by atoms with van der Waals surface area (Å²) in [6, 6.07) is 9.59. The largest absolute Gasteiger partial charge is 0.317 e.